The highest BCUT2D eigenvalue weighted by Crippen LogP contribution is 2.40. The van der Waals surface area contributed by atoms with Gasteiger partial charge in [0.1, 0.15) is 0 Å². The van der Waals surface area contributed by atoms with Crippen molar-refractivity contribution >= 4 is 0 Å². The molecule has 21 heavy (non-hydrogen) atoms. The van der Waals surface area contributed by atoms with Gasteiger partial charge < -0.3 is 20.1 Å². The molecule has 0 aliphatic heterocycles. The Morgan fingerprint density at radius 2 is 2.05 bits per heavy atom. The van der Waals surface area contributed by atoms with E-state index in [1.54, 1.807) is 0 Å². The van der Waals surface area contributed by atoms with Gasteiger partial charge in [-0.15, -0.1) is 0 Å². The van der Waals surface area contributed by atoms with Crippen molar-refractivity contribution in [3.63, 3.8) is 0 Å². The fourth-order valence-electron chi connectivity index (χ4n) is 3.58. The van der Waals surface area contributed by atoms with Gasteiger partial charge in [0, 0.05) is 18.1 Å². The molecule has 0 saturated heterocycles. The number of rotatable bonds is 10. The summed E-state index contributed by atoms with van der Waals surface area (Å²) in [4.78, 5) is 2.36. The quantitative estimate of drug-likeness (QED) is 0.648. The van der Waals surface area contributed by atoms with Crippen LogP contribution in [0, 0.1) is 5.92 Å². The standard InChI is InChI=1S/C17H34N2O2/c1-14(2)21-12-11-19(3)10-8-15-5-4-9-17(15,13-20)18-16-6-7-16/h14-16,18,20H,4-13H2,1-3H3. The molecule has 0 aromatic carbocycles. The van der Waals surface area contributed by atoms with Crippen molar-refractivity contribution in [3.8, 4) is 0 Å². The number of aliphatic hydroxyl groups is 1. The average Bonchev–Trinajstić information content (AvgIpc) is 3.15. The zero-order valence-corrected chi connectivity index (χ0v) is 14.1. The zero-order valence-electron chi connectivity index (χ0n) is 14.1. The van der Waals surface area contributed by atoms with Gasteiger partial charge >= 0.3 is 0 Å². The first-order valence-electron chi connectivity index (χ1n) is 8.74. The summed E-state index contributed by atoms with van der Waals surface area (Å²) >= 11 is 0. The van der Waals surface area contributed by atoms with E-state index in [0.717, 1.165) is 26.1 Å². The molecule has 2 fully saturated rings. The van der Waals surface area contributed by atoms with Crippen molar-refractivity contribution in [2.75, 3.05) is 33.4 Å². The lowest BCUT2D eigenvalue weighted by molar-refractivity contribution is 0.0603. The van der Waals surface area contributed by atoms with Crippen molar-refractivity contribution in [3.05, 3.63) is 0 Å². The maximum absolute atomic E-state index is 9.94. The van der Waals surface area contributed by atoms with E-state index in [2.05, 4.69) is 31.1 Å². The molecule has 2 aliphatic carbocycles. The lowest BCUT2D eigenvalue weighted by atomic mass is 9.85. The molecule has 4 nitrogen and oxygen atoms in total. The summed E-state index contributed by atoms with van der Waals surface area (Å²) in [7, 11) is 2.17. The van der Waals surface area contributed by atoms with Crippen molar-refractivity contribution in [1.29, 1.82) is 0 Å². The fraction of sp³-hybridized carbons (Fsp3) is 1.00. The fourth-order valence-corrected chi connectivity index (χ4v) is 3.58. The maximum atomic E-state index is 9.94. The van der Waals surface area contributed by atoms with Crippen LogP contribution in [0.4, 0.5) is 0 Å². The number of hydrogen-bond acceptors (Lipinski definition) is 4. The molecule has 2 aliphatic rings. The van der Waals surface area contributed by atoms with Crippen LogP contribution in [0.5, 0.6) is 0 Å². The van der Waals surface area contributed by atoms with Crippen LogP contribution >= 0.6 is 0 Å². The summed E-state index contributed by atoms with van der Waals surface area (Å²) in [6, 6.07) is 0.676. The first kappa shape index (κ1) is 17.2. The number of ether oxygens (including phenoxy) is 1. The molecular formula is C17H34N2O2. The SMILES string of the molecule is CC(C)OCCN(C)CCC1CCCC1(CO)NC1CC1. The lowest BCUT2D eigenvalue weighted by Crippen LogP contribution is -2.53. The predicted molar refractivity (Wildman–Crippen MR) is 86.5 cm³/mol. The van der Waals surface area contributed by atoms with E-state index in [9.17, 15) is 5.11 Å². The molecule has 2 saturated carbocycles. The third-order valence-corrected chi connectivity index (χ3v) is 5.09. The Morgan fingerprint density at radius 3 is 2.67 bits per heavy atom. The maximum Gasteiger partial charge on any atom is 0.0616 e. The summed E-state index contributed by atoms with van der Waals surface area (Å²) in [6.07, 6.45) is 7.74. The van der Waals surface area contributed by atoms with E-state index in [1.165, 1.54) is 32.1 Å². The Labute approximate surface area is 130 Å². The predicted octanol–water partition coefficient (Wildman–Crippen LogP) is 2.02. The van der Waals surface area contributed by atoms with Gasteiger partial charge in [-0.2, -0.15) is 0 Å². The molecule has 0 radical (unpaired) electrons. The van der Waals surface area contributed by atoms with Crippen molar-refractivity contribution < 1.29 is 9.84 Å². The molecule has 124 valence electrons. The highest BCUT2D eigenvalue weighted by molar-refractivity contribution is 5.03. The molecule has 0 amide bonds. The van der Waals surface area contributed by atoms with Gasteiger partial charge in [0.05, 0.1) is 19.3 Å². The van der Waals surface area contributed by atoms with E-state index in [-0.39, 0.29) is 5.54 Å². The molecule has 2 unspecified atom stereocenters. The second-order valence-electron chi connectivity index (χ2n) is 7.33. The summed E-state index contributed by atoms with van der Waals surface area (Å²) in [5, 5.41) is 13.7. The van der Waals surface area contributed by atoms with E-state index in [4.69, 9.17) is 4.74 Å². The zero-order chi connectivity index (χ0) is 15.3. The normalized spacial score (nSPS) is 29.7. The van der Waals surface area contributed by atoms with E-state index >= 15 is 0 Å². The van der Waals surface area contributed by atoms with Crippen LogP contribution in [0.15, 0.2) is 0 Å². The second kappa shape index (κ2) is 7.91. The van der Waals surface area contributed by atoms with Crippen LogP contribution in [0.3, 0.4) is 0 Å². The highest BCUT2D eigenvalue weighted by atomic mass is 16.5. The number of nitrogens with one attached hydrogen (secondary N) is 1. The highest BCUT2D eigenvalue weighted by Gasteiger charge is 2.44. The molecule has 2 rings (SSSR count). The molecule has 0 heterocycles. The summed E-state index contributed by atoms with van der Waals surface area (Å²) in [5.41, 5.74) is 0.0104. The monoisotopic (exact) mass is 298 g/mol. The number of aliphatic hydroxyl groups excluding tert-OH is 1. The summed E-state index contributed by atoms with van der Waals surface area (Å²) < 4.78 is 5.61. The Hall–Kier alpha value is -0.160. The second-order valence-corrected chi connectivity index (χ2v) is 7.33. The average molecular weight is 298 g/mol. The molecule has 0 spiro atoms. The lowest BCUT2D eigenvalue weighted by Gasteiger charge is -2.36. The molecule has 0 aromatic rings. The summed E-state index contributed by atoms with van der Waals surface area (Å²) in [6.45, 7) is 7.36. The van der Waals surface area contributed by atoms with Crippen LogP contribution in [0.1, 0.15) is 52.4 Å². The van der Waals surface area contributed by atoms with Crippen LogP contribution in [-0.4, -0.2) is 61.0 Å². The first-order valence-corrected chi connectivity index (χ1v) is 8.74. The van der Waals surface area contributed by atoms with E-state index < -0.39 is 0 Å². The Balaban J connectivity index is 1.72. The topological polar surface area (TPSA) is 44.7 Å². The van der Waals surface area contributed by atoms with Crippen LogP contribution in [0.2, 0.25) is 0 Å². The summed E-state index contributed by atoms with van der Waals surface area (Å²) in [5.74, 6) is 0.622. The Morgan fingerprint density at radius 1 is 1.29 bits per heavy atom. The first-order chi connectivity index (χ1) is 10.1. The minimum absolute atomic E-state index is 0.0104. The van der Waals surface area contributed by atoms with Gasteiger partial charge in [0.15, 0.2) is 0 Å². The van der Waals surface area contributed by atoms with Crippen LogP contribution in [-0.2, 0) is 4.74 Å². The third kappa shape index (κ3) is 5.20. The van der Waals surface area contributed by atoms with Crippen LogP contribution < -0.4 is 5.32 Å². The molecular weight excluding hydrogens is 264 g/mol. The van der Waals surface area contributed by atoms with Crippen molar-refractivity contribution in [2.24, 2.45) is 5.92 Å². The van der Waals surface area contributed by atoms with Gasteiger partial charge in [0.2, 0.25) is 0 Å². The van der Waals surface area contributed by atoms with Gasteiger partial charge in [0.25, 0.3) is 0 Å². The molecule has 4 heteroatoms. The molecule has 2 N–H and O–H groups in total. The number of nitrogens with zero attached hydrogens (tertiary/aromatic N) is 1. The minimum Gasteiger partial charge on any atom is -0.394 e. The van der Waals surface area contributed by atoms with Gasteiger partial charge in [-0.05, 0) is 65.5 Å². The molecule has 2 atom stereocenters. The Kier molecular flexibility index (Phi) is 6.48. The third-order valence-electron chi connectivity index (χ3n) is 5.09. The van der Waals surface area contributed by atoms with Gasteiger partial charge in [-0.25, -0.2) is 0 Å². The van der Waals surface area contributed by atoms with Crippen molar-refractivity contribution in [2.45, 2.75) is 70.1 Å². The molecule has 0 bridgehead atoms. The largest absolute Gasteiger partial charge is 0.394 e. The van der Waals surface area contributed by atoms with E-state index in [0.29, 0.717) is 24.7 Å². The smallest absolute Gasteiger partial charge is 0.0616 e. The molecule has 0 aromatic heterocycles. The number of likely N-dealkylation sites (N-methyl/N-ethyl adjacent to an activating group) is 1. The van der Waals surface area contributed by atoms with E-state index in [1.807, 2.05) is 0 Å². The minimum atomic E-state index is 0.0104. The van der Waals surface area contributed by atoms with Crippen molar-refractivity contribution in [1.82, 2.24) is 10.2 Å². The van der Waals surface area contributed by atoms with Crippen LogP contribution in [0.25, 0.3) is 0 Å². The number of hydrogen-bond donors (Lipinski definition) is 2. The van der Waals surface area contributed by atoms with Gasteiger partial charge in [-0.3, -0.25) is 0 Å². The van der Waals surface area contributed by atoms with Gasteiger partial charge in [-0.1, -0.05) is 6.42 Å². The Bertz CT molecular complexity index is 307.